The van der Waals surface area contributed by atoms with Crippen molar-refractivity contribution in [2.45, 2.75) is 52.9 Å². The number of rotatable bonds is 5. The zero-order valence-corrected chi connectivity index (χ0v) is 14.1. The molecular weight excluding hydrogens is 295 g/mol. The highest BCUT2D eigenvalue weighted by molar-refractivity contribution is 5.96. The van der Waals surface area contributed by atoms with Gasteiger partial charge in [0.05, 0.1) is 5.69 Å². The van der Waals surface area contributed by atoms with Crippen LogP contribution in [0.1, 0.15) is 52.9 Å². The van der Waals surface area contributed by atoms with E-state index in [-0.39, 0.29) is 17.2 Å². The summed E-state index contributed by atoms with van der Waals surface area (Å²) in [5.41, 5.74) is 0.924. The average Bonchev–Trinajstić information content (AvgIpc) is 2.83. The Morgan fingerprint density at radius 1 is 1.35 bits per heavy atom. The molecule has 2 amide bonds. The summed E-state index contributed by atoms with van der Waals surface area (Å²) in [7, 11) is 0. The van der Waals surface area contributed by atoms with Crippen LogP contribution in [0.25, 0.3) is 0 Å². The second-order valence-electron chi connectivity index (χ2n) is 7.28. The Balaban J connectivity index is 1.92. The summed E-state index contributed by atoms with van der Waals surface area (Å²) in [4.78, 5) is 25.0. The maximum absolute atomic E-state index is 14.2. The van der Waals surface area contributed by atoms with Gasteiger partial charge in [-0.15, -0.1) is 0 Å². The van der Waals surface area contributed by atoms with E-state index in [1.807, 2.05) is 0 Å². The summed E-state index contributed by atoms with van der Waals surface area (Å²) in [6, 6.07) is 4.48. The molecule has 0 radical (unpaired) electrons. The Kier molecular flexibility index (Phi) is 5.39. The molecule has 1 saturated heterocycles. The normalized spacial score (nSPS) is 15.1. The fourth-order valence-corrected chi connectivity index (χ4v) is 2.71. The van der Waals surface area contributed by atoms with Crippen molar-refractivity contribution < 1.29 is 14.0 Å². The molecule has 0 bridgehead atoms. The molecule has 0 aromatic heterocycles. The van der Waals surface area contributed by atoms with Crippen LogP contribution in [0.5, 0.6) is 0 Å². The molecule has 1 aliphatic rings. The lowest BCUT2D eigenvalue weighted by Gasteiger charge is -2.18. The van der Waals surface area contributed by atoms with Gasteiger partial charge in [-0.2, -0.15) is 0 Å². The smallest absolute Gasteiger partial charge is 0.227 e. The third-order valence-corrected chi connectivity index (χ3v) is 3.93. The van der Waals surface area contributed by atoms with E-state index in [1.165, 1.54) is 11.0 Å². The van der Waals surface area contributed by atoms with Gasteiger partial charge in [0.15, 0.2) is 0 Å². The zero-order chi connectivity index (χ0) is 17.0. The Morgan fingerprint density at radius 2 is 2.09 bits per heavy atom. The largest absolute Gasteiger partial charge is 0.326 e. The van der Waals surface area contributed by atoms with Crippen molar-refractivity contribution >= 4 is 23.2 Å². The minimum absolute atomic E-state index is 0.0529. The molecule has 4 nitrogen and oxygen atoms in total. The number of nitrogens with one attached hydrogen (secondary N) is 1. The van der Waals surface area contributed by atoms with Crippen LogP contribution in [0.3, 0.4) is 0 Å². The van der Waals surface area contributed by atoms with Crippen LogP contribution >= 0.6 is 0 Å². The van der Waals surface area contributed by atoms with Crippen molar-refractivity contribution in [3.05, 3.63) is 24.0 Å². The quantitative estimate of drug-likeness (QED) is 0.887. The summed E-state index contributed by atoms with van der Waals surface area (Å²) >= 11 is 0. The first-order chi connectivity index (χ1) is 10.8. The number of hydrogen-bond donors (Lipinski definition) is 1. The van der Waals surface area contributed by atoms with E-state index in [4.69, 9.17) is 0 Å². The molecule has 1 aromatic rings. The average molecular weight is 320 g/mol. The van der Waals surface area contributed by atoms with Crippen LogP contribution in [-0.2, 0) is 9.59 Å². The van der Waals surface area contributed by atoms with Gasteiger partial charge in [-0.1, -0.05) is 20.8 Å². The fourth-order valence-electron chi connectivity index (χ4n) is 2.71. The maximum atomic E-state index is 14.2. The molecule has 5 heteroatoms. The summed E-state index contributed by atoms with van der Waals surface area (Å²) in [5.74, 6) is -0.644. The van der Waals surface area contributed by atoms with Crippen LogP contribution < -0.4 is 10.2 Å². The molecular formula is C18H25FN2O2. The standard InChI is InChI=1S/C18H25FN2O2/c1-18(2,3)10-4-6-16(22)20-13-8-9-15(14(19)12-13)21-11-5-7-17(21)23/h8-9,12H,4-7,10-11H2,1-3H3,(H,20,22). The highest BCUT2D eigenvalue weighted by Gasteiger charge is 2.24. The molecule has 2 rings (SSSR count). The molecule has 126 valence electrons. The SMILES string of the molecule is CC(C)(C)CCCC(=O)Nc1ccc(N2CCCC2=O)c(F)c1. The van der Waals surface area contributed by atoms with E-state index >= 15 is 0 Å². The number of anilines is 2. The van der Waals surface area contributed by atoms with Crippen LogP contribution in [0, 0.1) is 11.2 Å². The minimum Gasteiger partial charge on any atom is -0.326 e. The number of nitrogens with zero attached hydrogens (tertiary/aromatic N) is 1. The number of halogens is 1. The van der Waals surface area contributed by atoms with Crippen molar-refractivity contribution in [3.63, 3.8) is 0 Å². The molecule has 0 atom stereocenters. The molecule has 1 heterocycles. The summed E-state index contributed by atoms with van der Waals surface area (Å²) < 4.78 is 14.2. The van der Waals surface area contributed by atoms with Crippen LogP contribution in [0.15, 0.2) is 18.2 Å². The first-order valence-electron chi connectivity index (χ1n) is 8.16. The molecule has 1 aliphatic heterocycles. The molecule has 1 fully saturated rings. The zero-order valence-electron chi connectivity index (χ0n) is 14.1. The Morgan fingerprint density at radius 3 is 2.65 bits per heavy atom. The van der Waals surface area contributed by atoms with E-state index in [1.54, 1.807) is 12.1 Å². The molecule has 0 spiro atoms. The maximum Gasteiger partial charge on any atom is 0.227 e. The van der Waals surface area contributed by atoms with Gasteiger partial charge in [-0.05, 0) is 42.9 Å². The predicted molar refractivity (Wildman–Crippen MR) is 89.9 cm³/mol. The van der Waals surface area contributed by atoms with Gasteiger partial charge in [-0.25, -0.2) is 4.39 Å². The van der Waals surface area contributed by atoms with Crippen LogP contribution in [-0.4, -0.2) is 18.4 Å². The Labute approximate surface area is 137 Å². The number of hydrogen-bond acceptors (Lipinski definition) is 2. The van der Waals surface area contributed by atoms with E-state index in [0.717, 1.165) is 19.3 Å². The number of amides is 2. The highest BCUT2D eigenvalue weighted by atomic mass is 19.1. The lowest BCUT2D eigenvalue weighted by atomic mass is 9.90. The van der Waals surface area contributed by atoms with Gasteiger partial charge < -0.3 is 10.2 Å². The fraction of sp³-hybridized carbons (Fsp3) is 0.556. The lowest BCUT2D eigenvalue weighted by molar-refractivity contribution is -0.117. The monoisotopic (exact) mass is 320 g/mol. The summed E-state index contributed by atoms with van der Waals surface area (Å²) in [6.07, 6.45) is 3.41. The van der Waals surface area contributed by atoms with Crippen molar-refractivity contribution in [1.29, 1.82) is 0 Å². The predicted octanol–water partition coefficient (Wildman–Crippen LogP) is 4.11. The van der Waals surface area contributed by atoms with E-state index < -0.39 is 5.82 Å². The van der Waals surface area contributed by atoms with Gasteiger partial charge in [0, 0.05) is 25.1 Å². The van der Waals surface area contributed by atoms with Crippen LogP contribution in [0.4, 0.5) is 15.8 Å². The van der Waals surface area contributed by atoms with Gasteiger partial charge in [-0.3, -0.25) is 9.59 Å². The minimum atomic E-state index is -0.479. The van der Waals surface area contributed by atoms with E-state index in [2.05, 4.69) is 26.1 Å². The molecule has 0 aliphatic carbocycles. The van der Waals surface area contributed by atoms with E-state index in [0.29, 0.717) is 30.8 Å². The second kappa shape index (κ2) is 7.11. The molecule has 1 N–H and O–H groups in total. The van der Waals surface area contributed by atoms with Crippen molar-refractivity contribution in [2.75, 3.05) is 16.8 Å². The van der Waals surface area contributed by atoms with Crippen molar-refractivity contribution in [2.24, 2.45) is 5.41 Å². The number of carbonyl (C=O) groups excluding carboxylic acids is 2. The highest BCUT2D eigenvalue weighted by Crippen LogP contribution is 2.27. The number of benzene rings is 1. The second-order valence-corrected chi connectivity index (χ2v) is 7.28. The topological polar surface area (TPSA) is 49.4 Å². The number of carbonyl (C=O) groups is 2. The Bertz CT molecular complexity index is 593. The third-order valence-electron chi connectivity index (χ3n) is 3.93. The summed E-state index contributed by atoms with van der Waals surface area (Å²) in [5, 5.41) is 2.72. The molecule has 0 unspecified atom stereocenters. The van der Waals surface area contributed by atoms with Gasteiger partial charge in [0.2, 0.25) is 11.8 Å². The molecule has 23 heavy (non-hydrogen) atoms. The van der Waals surface area contributed by atoms with Gasteiger partial charge in [0.25, 0.3) is 0 Å². The van der Waals surface area contributed by atoms with E-state index in [9.17, 15) is 14.0 Å². The first-order valence-corrected chi connectivity index (χ1v) is 8.16. The van der Waals surface area contributed by atoms with Crippen molar-refractivity contribution in [3.8, 4) is 0 Å². The lowest BCUT2D eigenvalue weighted by Crippen LogP contribution is -2.24. The molecule has 1 aromatic carbocycles. The Hall–Kier alpha value is -1.91. The third kappa shape index (κ3) is 5.05. The first kappa shape index (κ1) is 17.4. The molecule has 0 saturated carbocycles. The van der Waals surface area contributed by atoms with Gasteiger partial charge >= 0.3 is 0 Å². The van der Waals surface area contributed by atoms with Crippen molar-refractivity contribution in [1.82, 2.24) is 0 Å². The van der Waals surface area contributed by atoms with Gasteiger partial charge in [0.1, 0.15) is 5.82 Å². The summed E-state index contributed by atoms with van der Waals surface area (Å²) in [6.45, 7) is 6.96. The van der Waals surface area contributed by atoms with Crippen LogP contribution in [0.2, 0.25) is 0 Å².